The van der Waals surface area contributed by atoms with E-state index < -0.39 is 21.4 Å². The molecule has 4 nitrogen and oxygen atoms in total. The summed E-state index contributed by atoms with van der Waals surface area (Å²) in [4.78, 5) is 0.155. The Kier molecular flexibility index (Phi) is 3.21. The fourth-order valence-electron chi connectivity index (χ4n) is 2.09. The van der Waals surface area contributed by atoms with Crippen molar-refractivity contribution < 1.29 is 12.8 Å². The average Bonchev–Trinajstić information content (AvgIpc) is 2.24. The van der Waals surface area contributed by atoms with Crippen LogP contribution in [0.1, 0.15) is 18.9 Å². The molecule has 18 heavy (non-hydrogen) atoms. The minimum atomic E-state index is -3.54. The van der Waals surface area contributed by atoms with Crippen LogP contribution < -0.4 is 5.73 Å². The van der Waals surface area contributed by atoms with Crippen molar-refractivity contribution in [2.45, 2.75) is 30.7 Å². The third-order valence-electron chi connectivity index (χ3n) is 3.44. The van der Waals surface area contributed by atoms with Gasteiger partial charge >= 0.3 is 0 Å². The van der Waals surface area contributed by atoms with Crippen molar-refractivity contribution in [3.63, 3.8) is 0 Å². The molecule has 0 spiro atoms. The van der Waals surface area contributed by atoms with Gasteiger partial charge in [-0.1, -0.05) is 6.92 Å². The molecule has 0 amide bonds. The predicted octanol–water partition coefficient (Wildman–Crippen LogP) is 1.25. The first-order valence-corrected chi connectivity index (χ1v) is 7.28. The molecule has 1 saturated heterocycles. The van der Waals surface area contributed by atoms with Crippen LogP contribution in [0.4, 0.5) is 4.39 Å². The first kappa shape index (κ1) is 13.5. The maximum Gasteiger partial charge on any atom is 0.243 e. The Bertz CT molecular complexity index is 565. The molecule has 2 rings (SSSR count). The minimum absolute atomic E-state index is 0.155. The summed E-state index contributed by atoms with van der Waals surface area (Å²) in [5, 5.41) is 0. The molecule has 2 N–H and O–H groups in total. The Morgan fingerprint density at radius 2 is 2.06 bits per heavy atom. The Hall–Kier alpha value is -0.980. The van der Waals surface area contributed by atoms with Crippen molar-refractivity contribution in [1.29, 1.82) is 0 Å². The van der Waals surface area contributed by atoms with Gasteiger partial charge in [-0.3, -0.25) is 0 Å². The van der Waals surface area contributed by atoms with E-state index in [1.54, 1.807) is 6.92 Å². The topological polar surface area (TPSA) is 63.4 Å². The Morgan fingerprint density at radius 1 is 1.44 bits per heavy atom. The van der Waals surface area contributed by atoms with Gasteiger partial charge in [-0.2, -0.15) is 4.31 Å². The Labute approximate surface area is 107 Å². The van der Waals surface area contributed by atoms with Gasteiger partial charge in [0, 0.05) is 18.6 Å². The number of sulfonamides is 1. The maximum absolute atomic E-state index is 13.0. The van der Waals surface area contributed by atoms with Gasteiger partial charge in [-0.25, -0.2) is 12.8 Å². The second-order valence-electron chi connectivity index (χ2n) is 4.90. The fraction of sp³-hybridized carbons (Fsp3) is 0.500. The van der Waals surface area contributed by atoms with E-state index in [0.29, 0.717) is 18.7 Å². The molecule has 0 radical (unpaired) electrons. The molecular weight excluding hydrogens is 255 g/mol. The number of hydrogen-bond donors (Lipinski definition) is 1. The molecule has 0 bridgehead atoms. The maximum atomic E-state index is 13.0. The van der Waals surface area contributed by atoms with Gasteiger partial charge in [0.15, 0.2) is 0 Å². The molecule has 1 fully saturated rings. The number of hydrogen-bond acceptors (Lipinski definition) is 3. The highest BCUT2D eigenvalue weighted by molar-refractivity contribution is 7.89. The molecule has 0 unspecified atom stereocenters. The van der Waals surface area contributed by atoms with Crippen molar-refractivity contribution in [3.8, 4) is 0 Å². The highest BCUT2D eigenvalue weighted by atomic mass is 32.2. The van der Waals surface area contributed by atoms with E-state index in [9.17, 15) is 12.8 Å². The van der Waals surface area contributed by atoms with Crippen molar-refractivity contribution in [3.05, 3.63) is 29.6 Å². The lowest BCUT2D eigenvalue weighted by Crippen LogP contribution is -2.68. The van der Waals surface area contributed by atoms with Gasteiger partial charge in [0.05, 0.1) is 4.90 Å². The van der Waals surface area contributed by atoms with E-state index in [0.717, 1.165) is 12.5 Å². The molecule has 0 aromatic heterocycles. The summed E-state index contributed by atoms with van der Waals surface area (Å²) >= 11 is 0. The first-order chi connectivity index (χ1) is 8.28. The summed E-state index contributed by atoms with van der Waals surface area (Å²) in [6.45, 7) is 4.17. The Morgan fingerprint density at radius 3 is 2.56 bits per heavy atom. The van der Waals surface area contributed by atoms with Crippen molar-refractivity contribution in [2.24, 2.45) is 5.73 Å². The third kappa shape index (κ3) is 2.15. The number of rotatable bonds is 3. The molecule has 1 aliphatic heterocycles. The van der Waals surface area contributed by atoms with Gasteiger partial charge in [0.25, 0.3) is 0 Å². The molecule has 0 saturated carbocycles. The lowest BCUT2D eigenvalue weighted by Gasteiger charge is -2.46. The second-order valence-corrected chi connectivity index (χ2v) is 6.81. The van der Waals surface area contributed by atoms with Crippen molar-refractivity contribution in [1.82, 2.24) is 4.31 Å². The molecule has 1 aliphatic rings. The largest absolute Gasteiger partial charge is 0.323 e. The van der Waals surface area contributed by atoms with E-state index in [-0.39, 0.29) is 4.90 Å². The van der Waals surface area contributed by atoms with Gasteiger partial charge in [0.1, 0.15) is 5.82 Å². The monoisotopic (exact) mass is 272 g/mol. The van der Waals surface area contributed by atoms with Crippen molar-refractivity contribution >= 4 is 10.0 Å². The summed E-state index contributed by atoms with van der Waals surface area (Å²) in [5.74, 6) is -0.434. The molecule has 0 atom stereocenters. The number of nitrogens with zero attached hydrogens (tertiary/aromatic N) is 1. The zero-order valence-corrected chi connectivity index (χ0v) is 11.3. The van der Waals surface area contributed by atoms with E-state index in [2.05, 4.69) is 0 Å². The second kappa shape index (κ2) is 4.29. The van der Waals surface area contributed by atoms with Crippen LogP contribution in [0.2, 0.25) is 0 Å². The summed E-state index contributed by atoms with van der Waals surface area (Å²) in [6, 6.07) is 3.69. The van der Waals surface area contributed by atoms with E-state index >= 15 is 0 Å². The minimum Gasteiger partial charge on any atom is -0.323 e. The molecule has 1 aromatic rings. The summed E-state index contributed by atoms with van der Waals surface area (Å²) in [7, 11) is -3.54. The van der Waals surface area contributed by atoms with Gasteiger partial charge < -0.3 is 5.73 Å². The SMILES string of the molecule is CCC1(N)CN(S(=O)(=O)c2ccc(F)cc2C)C1. The summed E-state index contributed by atoms with van der Waals surface area (Å²) in [6.07, 6.45) is 0.738. The zero-order valence-electron chi connectivity index (χ0n) is 10.5. The van der Waals surface area contributed by atoms with E-state index in [1.165, 1.54) is 16.4 Å². The number of aryl methyl sites for hydroxylation is 1. The molecular formula is C12H17FN2O2S. The lowest BCUT2D eigenvalue weighted by molar-refractivity contribution is 0.153. The lowest BCUT2D eigenvalue weighted by atomic mass is 9.91. The van der Waals surface area contributed by atoms with Crippen LogP contribution >= 0.6 is 0 Å². The number of benzene rings is 1. The van der Waals surface area contributed by atoms with Crippen LogP contribution in [0, 0.1) is 12.7 Å². The van der Waals surface area contributed by atoms with E-state index in [4.69, 9.17) is 5.73 Å². The standard InChI is InChI=1S/C12H17FN2O2S/c1-3-12(14)7-15(8-12)18(16,17)11-5-4-10(13)6-9(11)2/h4-6H,3,7-8,14H2,1-2H3. The van der Waals surface area contributed by atoms with Gasteiger partial charge in [0.2, 0.25) is 10.0 Å². The quantitative estimate of drug-likeness (QED) is 0.900. The van der Waals surface area contributed by atoms with Crippen molar-refractivity contribution in [2.75, 3.05) is 13.1 Å². The fourth-order valence-corrected chi connectivity index (χ4v) is 3.93. The molecule has 6 heteroatoms. The summed E-state index contributed by atoms with van der Waals surface area (Å²) in [5.41, 5.74) is 5.97. The molecule has 100 valence electrons. The first-order valence-electron chi connectivity index (χ1n) is 5.84. The summed E-state index contributed by atoms with van der Waals surface area (Å²) < 4.78 is 38.9. The van der Waals surface area contributed by atoms with E-state index in [1.807, 2.05) is 6.92 Å². The van der Waals surface area contributed by atoms with Gasteiger partial charge in [-0.15, -0.1) is 0 Å². The number of nitrogens with two attached hydrogens (primary N) is 1. The normalized spacial score (nSPS) is 19.6. The smallest absolute Gasteiger partial charge is 0.243 e. The zero-order chi connectivity index (χ0) is 13.6. The molecule has 1 heterocycles. The van der Waals surface area contributed by atoms with Crippen LogP contribution in [-0.2, 0) is 10.0 Å². The van der Waals surface area contributed by atoms with Crippen LogP contribution in [-0.4, -0.2) is 31.4 Å². The number of halogens is 1. The molecule has 0 aliphatic carbocycles. The molecule has 1 aromatic carbocycles. The van der Waals surface area contributed by atoms with Gasteiger partial charge in [-0.05, 0) is 37.1 Å². The van der Waals surface area contributed by atoms with Crippen LogP contribution in [0.25, 0.3) is 0 Å². The third-order valence-corrected chi connectivity index (χ3v) is 5.39. The van der Waals surface area contributed by atoms with Crippen LogP contribution in [0.3, 0.4) is 0 Å². The average molecular weight is 272 g/mol. The Balaban J connectivity index is 2.28. The van der Waals surface area contributed by atoms with Crippen LogP contribution in [0.5, 0.6) is 0 Å². The highest BCUT2D eigenvalue weighted by Gasteiger charge is 2.44. The highest BCUT2D eigenvalue weighted by Crippen LogP contribution is 2.29. The van der Waals surface area contributed by atoms with Crippen LogP contribution in [0.15, 0.2) is 23.1 Å². The predicted molar refractivity (Wildman–Crippen MR) is 67.1 cm³/mol.